The van der Waals surface area contributed by atoms with Gasteiger partial charge in [0.1, 0.15) is 5.75 Å². The largest absolute Gasteiger partial charge is 0.494 e. The normalized spacial score (nSPS) is 10.7. The smallest absolute Gasteiger partial charge is 0.239 e. The summed E-state index contributed by atoms with van der Waals surface area (Å²) in [5.74, 6) is 1.51. The molecule has 0 aliphatic heterocycles. The number of rotatable bonds is 8. The van der Waals surface area contributed by atoms with Crippen LogP contribution in [0.3, 0.4) is 0 Å². The van der Waals surface area contributed by atoms with Crippen molar-refractivity contribution in [2.24, 2.45) is 5.92 Å². The van der Waals surface area contributed by atoms with Crippen molar-refractivity contribution in [3.05, 3.63) is 24.3 Å². The van der Waals surface area contributed by atoms with Gasteiger partial charge in [0.2, 0.25) is 5.91 Å². The number of nitrogens with one attached hydrogen (secondary N) is 2. The van der Waals surface area contributed by atoms with Crippen molar-refractivity contribution < 1.29 is 9.53 Å². The molecular formula is C16H26N2O2. The first-order valence-corrected chi connectivity index (χ1v) is 7.23. The molecule has 0 aromatic heterocycles. The third kappa shape index (κ3) is 7.02. The molecule has 0 aliphatic rings. The van der Waals surface area contributed by atoms with Gasteiger partial charge in [-0.25, -0.2) is 0 Å². The van der Waals surface area contributed by atoms with Crippen LogP contribution in [0.5, 0.6) is 5.75 Å². The Hall–Kier alpha value is -1.71. The lowest BCUT2D eigenvalue weighted by Gasteiger charge is -2.11. The average Bonchev–Trinajstić information content (AvgIpc) is 2.36. The van der Waals surface area contributed by atoms with Crippen LogP contribution in [0.15, 0.2) is 24.3 Å². The van der Waals surface area contributed by atoms with Crippen molar-refractivity contribution in [3.63, 3.8) is 0 Å². The van der Waals surface area contributed by atoms with E-state index in [1.807, 2.05) is 38.1 Å². The van der Waals surface area contributed by atoms with Crippen LogP contribution >= 0.6 is 0 Å². The van der Waals surface area contributed by atoms with Crippen LogP contribution in [-0.4, -0.2) is 25.1 Å². The Morgan fingerprint density at radius 2 is 1.80 bits per heavy atom. The zero-order valence-corrected chi connectivity index (χ0v) is 12.9. The highest BCUT2D eigenvalue weighted by Crippen LogP contribution is 2.16. The van der Waals surface area contributed by atoms with Crippen LogP contribution in [0.1, 0.15) is 34.1 Å². The molecule has 1 amide bonds. The number of anilines is 1. The van der Waals surface area contributed by atoms with Gasteiger partial charge in [0, 0.05) is 11.7 Å². The number of ether oxygens (including phenoxy) is 1. The van der Waals surface area contributed by atoms with E-state index in [2.05, 4.69) is 24.5 Å². The summed E-state index contributed by atoms with van der Waals surface area (Å²) in [7, 11) is 0. The second-order valence-corrected chi connectivity index (χ2v) is 5.63. The maximum absolute atomic E-state index is 11.5. The van der Waals surface area contributed by atoms with E-state index in [0.717, 1.165) is 24.5 Å². The number of carbonyl (C=O) groups excluding carboxylic acids is 1. The first-order valence-electron chi connectivity index (χ1n) is 7.23. The predicted octanol–water partition coefficient (Wildman–Crippen LogP) is 3.05. The van der Waals surface area contributed by atoms with Gasteiger partial charge in [0.15, 0.2) is 0 Å². The lowest BCUT2D eigenvalue weighted by Crippen LogP contribution is -2.34. The molecule has 2 N–H and O–H groups in total. The molecule has 112 valence electrons. The molecular weight excluding hydrogens is 252 g/mol. The third-order valence-electron chi connectivity index (χ3n) is 2.72. The maximum atomic E-state index is 11.5. The van der Waals surface area contributed by atoms with Gasteiger partial charge in [-0.2, -0.15) is 0 Å². The molecule has 0 aliphatic carbocycles. The number of hydrogen-bond acceptors (Lipinski definition) is 3. The summed E-state index contributed by atoms with van der Waals surface area (Å²) < 4.78 is 5.64. The summed E-state index contributed by atoms with van der Waals surface area (Å²) in [6, 6.07) is 7.85. The van der Waals surface area contributed by atoms with Gasteiger partial charge >= 0.3 is 0 Å². The van der Waals surface area contributed by atoms with Crippen LogP contribution in [0.4, 0.5) is 5.69 Å². The van der Waals surface area contributed by atoms with Crippen LogP contribution in [-0.2, 0) is 4.79 Å². The minimum absolute atomic E-state index is 0.00254. The second kappa shape index (κ2) is 8.46. The van der Waals surface area contributed by atoms with E-state index >= 15 is 0 Å². The van der Waals surface area contributed by atoms with E-state index < -0.39 is 0 Å². The highest BCUT2D eigenvalue weighted by Gasteiger charge is 2.03. The Kier molecular flexibility index (Phi) is 6.91. The summed E-state index contributed by atoms with van der Waals surface area (Å²) in [5, 5.41) is 5.92. The zero-order chi connectivity index (χ0) is 15.0. The average molecular weight is 278 g/mol. The standard InChI is InChI=1S/C16H26N2O2/c1-12(2)9-10-20-15-7-5-14(6-8-15)17-11-16(19)18-13(3)4/h5-8,12-13,17H,9-11H2,1-4H3,(H,18,19). The number of hydrogen-bond donors (Lipinski definition) is 2. The highest BCUT2D eigenvalue weighted by molar-refractivity contribution is 5.80. The minimum Gasteiger partial charge on any atom is -0.494 e. The van der Waals surface area contributed by atoms with Crippen molar-refractivity contribution in [2.75, 3.05) is 18.5 Å². The SMILES string of the molecule is CC(C)CCOc1ccc(NCC(=O)NC(C)C)cc1. The minimum atomic E-state index is -0.00254. The van der Waals surface area contributed by atoms with Crippen molar-refractivity contribution in [3.8, 4) is 5.75 Å². The van der Waals surface area contributed by atoms with Crippen LogP contribution in [0.2, 0.25) is 0 Å². The monoisotopic (exact) mass is 278 g/mol. The molecule has 0 radical (unpaired) electrons. The number of amides is 1. The summed E-state index contributed by atoms with van der Waals surface area (Å²) in [5.41, 5.74) is 0.917. The van der Waals surface area contributed by atoms with Gasteiger partial charge in [-0.15, -0.1) is 0 Å². The van der Waals surface area contributed by atoms with E-state index in [0.29, 0.717) is 5.92 Å². The van der Waals surface area contributed by atoms with Crippen molar-refractivity contribution in [1.29, 1.82) is 0 Å². The molecule has 4 nitrogen and oxygen atoms in total. The van der Waals surface area contributed by atoms with Crippen molar-refractivity contribution in [1.82, 2.24) is 5.32 Å². The van der Waals surface area contributed by atoms with Crippen LogP contribution in [0.25, 0.3) is 0 Å². The summed E-state index contributed by atoms with van der Waals surface area (Å²) in [4.78, 5) is 11.5. The van der Waals surface area contributed by atoms with Crippen molar-refractivity contribution in [2.45, 2.75) is 40.2 Å². The molecule has 0 bridgehead atoms. The molecule has 4 heteroatoms. The first-order chi connectivity index (χ1) is 9.47. The summed E-state index contributed by atoms with van der Waals surface area (Å²) in [6.45, 7) is 9.27. The van der Waals surface area contributed by atoms with E-state index in [4.69, 9.17) is 4.74 Å². The van der Waals surface area contributed by atoms with Gasteiger partial charge in [-0.05, 0) is 50.5 Å². The fourth-order valence-corrected chi connectivity index (χ4v) is 1.64. The summed E-state index contributed by atoms with van der Waals surface area (Å²) in [6.07, 6.45) is 1.05. The lowest BCUT2D eigenvalue weighted by atomic mass is 10.1. The molecule has 0 fully saturated rings. The Balaban J connectivity index is 2.33. The fraction of sp³-hybridized carbons (Fsp3) is 0.562. The van der Waals surface area contributed by atoms with Gasteiger partial charge < -0.3 is 15.4 Å². The van der Waals surface area contributed by atoms with E-state index in [1.165, 1.54) is 0 Å². The van der Waals surface area contributed by atoms with Gasteiger partial charge in [0.05, 0.1) is 13.2 Å². The van der Waals surface area contributed by atoms with Crippen LogP contribution < -0.4 is 15.4 Å². The molecule has 20 heavy (non-hydrogen) atoms. The predicted molar refractivity (Wildman–Crippen MR) is 83.2 cm³/mol. The first kappa shape index (κ1) is 16.3. The van der Waals surface area contributed by atoms with E-state index in [-0.39, 0.29) is 18.5 Å². The zero-order valence-electron chi connectivity index (χ0n) is 12.9. The number of benzene rings is 1. The van der Waals surface area contributed by atoms with Crippen LogP contribution in [0, 0.1) is 5.92 Å². The van der Waals surface area contributed by atoms with Gasteiger partial charge in [-0.3, -0.25) is 4.79 Å². The van der Waals surface area contributed by atoms with Gasteiger partial charge in [-0.1, -0.05) is 13.8 Å². The molecule has 0 atom stereocenters. The molecule has 0 saturated heterocycles. The fourth-order valence-electron chi connectivity index (χ4n) is 1.64. The second-order valence-electron chi connectivity index (χ2n) is 5.63. The van der Waals surface area contributed by atoms with E-state index in [1.54, 1.807) is 0 Å². The molecule has 1 rings (SSSR count). The molecule has 0 heterocycles. The molecule has 1 aromatic carbocycles. The van der Waals surface area contributed by atoms with Gasteiger partial charge in [0.25, 0.3) is 0 Å². The quantitative estimate of drug-likeness (QED) is 0.768. The topological polar surface area (TPSA) is 50.4 Å². The molecule has 1 aromatic rings. The lowest BCUT2D eigenvalue weighted by molar-refractivity contribution is -0.119. The maximum Gasteiger partial charge on any atom is 0.239 e. The van der Waals surface area contributed by atoms with Crippen molar-refractivity contribution >= 4 is 11.6 Å². The molecule has 0 spiro atoms. The Morgan fingerprint density at radius 3 is 2.35 bits per heavy atom. The molecule has 0 unspecified atom stereocenters. The highest BCUT2D eigenvalue weighted by atomic mass is 16.5. The number of carbonyl (C=O) groups is 1. The molecule has 0 saturated carbocycles. The third-order valence-corrected chi connectivity index (χ3v) is 2.72. The summed E-state index contributed by atoms with van der Waals surface area (Å²) >= 11 is 0. The van der Waals surface area contributed by atoms with E-state index in [9.17, 15) is 4.79 Å². The Bertz CT molecular complexity index is 399. The Morgan fingerprint density at radius 1 is 1.15 bits per heavy atom. The Labute approximate surface area is 121 Å².